The largest absolute Gasteiger partial charge is 0.313 e. The minimum Gasteiger partial charge on any atom is -0.313 e. The van der Waals surface area contributed by atoms with Crippen LogP contribution in [0, 0.1) is 0 Å². The van der Waals surface area contributed by atoms with Gasteiger partial charge < -0.3 is 5.32 Å². The summed E-state index contributed by atoms with van der Waals surface area (Å²) in [5.41, 5.74) is 1.32. The lowest BCUT2D eigenvalue weighted by atomic mass is 10.1. The monoisotopic (exact) mass is 284 g/mol. The van der Waals surface area contributed by atoms with E-state index in [9.17, 15) is 8.42 Å². The van der Waals surface area contributed by atoms with Crippen molar-refractivity contribution in [3.8, 4) is 0 Å². The number of rotatable bonds is 9. The second-order valence-electron chi connectivity index (χ2n) is 4.70. The van der Waals surface area contributed by atoms with Crippen LogP contribution in [0.15, 0.2) is 30.3 Å². The Morgan fingerprint density at radius 1 is 1.21 bits per heavy atom. The highest BCUT2D eigenvalue weighted by Crippen LogP contribution is 2.04. The summed E-state index contributed by atoms with van der Waals surface area (Å²) < 4.78 is 25.4. The summed E-state index contributed by atoms with van der Waals surface area (Å²) >= 11 is 0. The molecule has 1 aromatic carbocycles. The molecule has 1 aromatic rings. The van der Waals surface area contributed by atoms with Crippen molar-refractivity contribution in [2.24, 2.45) is 0 Å². The summed E-state index contributed by atoms with van der Waals surface area (Å²) in [6.07, 6.45) is 2.01. The van der Waals surface area contributed by atoms with E-state index in [0.29, 0.717) is 19.1 Å². The van der Waals surface area contributed by atoms with Crippen LogP contribution in [0.1, 0.15) is 25.8 Å². The van der Waals surface area contributed by atoms with E-state index in [2.05, 4.69) is 29.1 Å². The maximum Gasteiger partial charge on any atom is 0.212 e. The van der Waals surface area contributed by atoms with Crippen molar-refractivity contribution >= 4 is 10.0 Å². The summed E-state index contributed by atoms with van der Waals surface area (Å²) in [5.74, 6) is 0.135. The molecule has 0 aliphatic rings. The predicted octanol–water partition coefficient (Wildman–Crippen LogP) is 1.54. The van der Waals surface area contributed by atoms with Gasteiger partial charge in [0.25, 0.3) is 0 Å². The third-order valence-corrected chi connectivity index (χ3v) is 4.41. The Morgan fingerprint density at radius 3 is 2.53 bits per heavy atom. The number of hydrogen-bond donors (Lipinski definition) is 2. The maximum absolute atomic E-state index is 11.4. The Bertz CT molecular complexity index is 446. The van der Waals surface area contributed by atoms with Gasteiger partial charge in [-0.1, -0.05) is 37.3 Å². The number of nitrogens with one attached hydrogen (secondary N) is 2. The molecule has 108 valence electrons. The summed E-state index contributed by atoms with van der Waals surface area (Å²) in [7, 11) is -3.11. The number of hydrogen-bond acceptors (Lipinski definition) is 3. The Morgan fingerprint density at radius 2 is 1.89 bits per heavy atom. The Kier molecular flexibility index (Phi) is 7.05. The van der Waals surface area contributed by atoms with E-state index in [-0.39, 0.29) is 5.75 Å². The van der Waals surface area contributed by atoms with Gasteiger partial charge in [-0.05, 0) is 25.3 Å². The first kappa shape index (κ1) is 16.1. The van der Waals surface area contributed by atoms with Gasteiger partial charge in [0.2, 0.25) is 10.0 Å². The van der Waals surface area contributed by atoms with E-state index in [0.717, 1.165) is 12.8 Å². The first-order valence-electron chi connectivity index (χ1n) is 6.78. The summed E-state index contributed by atoms with van der Waals surface area (Å²) in [6, 6.07) is 10.6. The topological polar surface area (TPSA) is 58.2 Å². The van der Waals surface area contributed by atoms with Gasteiger partial charge in [0.15, 0.2) is 0 Å². The van der Waals surface area contributed by atoms with Crippen LogP contribution >= 0.6 is 0 Å². The predicted molar refractivity (Wildman–Crippen MR) is 79.7 cm³/mol. The Labute approximate surface area is 116 Å². The van der Waals surface area contributed by atoms with Crippen molar-refractivity contribution in [3.63, 3.8) is 0 Å². The van der Waals surface area contributed by atoms with Crippen LogP contribution in [0.5, 0.6) is 0 Å². The van der Waals surface area contributed by atoms with Crippen LogP contribution in [-0.2, 0) is 16.4 Å². The van der Waals surface area contributed by atoms with Gasteiger partial charge >= 0.3 is 0 Å². The minimum atomic E-state index is -3.11. The number of benzene rings is 1. The Balaban J connectivity index is 2.20. The Hall–Kier alpha value is -0.910. The SMILES string of the molecule is CCNS(=O)(=O)CCNC(C)CCc1ccccc1. The second kappa shape index (κ2) is 8.30. The molecule has 0 spiro atoms. The first-order chi connectivity index (χ1) is 9.03. The van der Waals surface area contributed by atoms with E-state index in [1.54, 1.807) is 6.92 Å². The van der Waals surface area contributed by atoms with Crippen molar-refractivity contribution in [2.75, 3.05) is 18.8 Å². The summed E-state index contributed by atoms with van der Waals surface area (Å²) in [4.78, 5) is 0. The van der Waals surface area contributed by atoms with Gasteiger partial charge in [0.05, 0.1) is 5.75 Å². The fraction of sp³-hybridized carbons (Fsp3) is 0.571. The van der Waals surface area contributed by atoms with E-state index >= 15 is 0 Å². The summed E-state index contributed by atoms with van der Waals surface area (Å²) in [6.45, 7) is 4.81. The lowest BCUT2D eigenvalue weighted by Gasteiger charge is -2.14. The quantitative estimate of drug-likeness (QED) is 0.723. The molecule has 1 atom stereocenters. The third kappa shape index (κ3) is 7.30. The van der Waals surface area contributed by atoms with Gasteiger partial charge in [0.1, 0.15) is 0 Å². The third-order valence-electron chi connectivity index (χ3n) is 2.94. The van der Waals surface area contributed by atoms with Gasteiger partial charge in [-0.2, -0.15) is 0 Å². The molecule has 5 heteroatoms. The van der Waals surface area contributed by atoms with E-state index in [4.69, 9.17) is 0 Å². The maximum atomic E-state index is 11.4. The molecule has 0 bridgehead atoms. The zero-order valence-corrected chi connectivity index (χ0v) is 12.5. The van der Waals surface area contributed by atoms with E-state index < -0.39 is 10.0 Å². The molecule has 19 heavy (non-hydrogen) atoms. The average molecular weight is 284 g/mol. The first-order valence-corrected chi connectivity index (χ1v) is 8.43. The highest BCUT2D eigenvalue weighted by atomic mass is 32.2. The molecule has 0 saturated heterocycles. The standard InChI is InChI=1S/C14H24N2O2S/c1-3-16-19(17,18)12-11-15-13(2)9-10-14-7-5-4-6-8-14/h4-8,13,15-16H,3,9-12H2,1-2H3. The fourth-order valence-electron chi connectivity index (χ4n) is 1.86. The molecule has 0 saturated carbocycles. The lowest BCUT2D eigenvalue weighted by Crippen LogP contribution is -2.35. The van der Waals surface area contributed by atoms with Crippen LogP contribution in [-0.4, -0.2) is 33.3 Å². The van der Waals surface area contributed by atoms with E-state index in [1.165, 1.54) is 5.56 Å². The van der Waals surface area contributed by atoms with Gasteiger partial charge in [-0.3, -0.25) is 0 Å². The van der Waals surface area contributed by atoms with Crippen LogP contribution in [0.25, 0.3) is 0 Å². The summed E-state index contributed by atoms with van der Waals surface area (Å²) in [5, 5.41) is 3.25. The normalized spacial score (nSPS) is 13.4. The molecule has 0 fully saturated rings. The van der Waals surface area contributed by atoms with Crippen molar-refractivity contribution in [3.05, 3.63) is 35.9 Å². The molecule has 0 aliphatic heterocycles. The number of aryl methyl sites for hydroxylation is 1. The highest BCUT2D eigenvalue weighted by Gasteiger charge is 2.09. The lowest BCUT2D eigenvalue weighted by molar-refractivity contribution is 0.524. The molecular weight excluding hydrogens is 260 g/mol. The molecule has 1 rings (SSSR count). The van der Waals surface area contributed by atoms with Crippen molar-refractivity contribution in [1.82, 2.24) is 10.0 Å². The molecule has 0 heterocycles. The number of sulfonamides is 1. The minimum absolute atomic E-state index is 0.135. The van der Waals surface area contributed by atoms with Crippen molar-refractivity contribution in [2.45, 2.75) is 32.7 Å². The molecule has 0 aliphatic carbocycles. The van der Waals surface area contributed by atoms with Gasteiger partial charge in [-0.15, -0.1) is 0 Å². The zero-order valence-electron chi connectivity index (χ0n) is 11.7. The molecule has 1 unspecified atom stereocenters. The second-order valence-corrected chi connectivity index (χ2v) is 6.62. The molecule has 0 aromatic heterocycles. The van der Waals surface area contributed by atoms with Crippen molar-refractivity contribution in [1.29, 1.82) is 0 Å². The van der Waals surface area contributed by atoms with E-state index in [1.807, 2.05) is 18.2 Å². The fourth-order valence-corrected chi connectivity index (χ4v) is 2.83. The molecular formula is C14H24N2O2S. The highest BCUT2D eigenvalue weighted by molar-refractivity contribution is 7.89. The van der Waals surface area contributed by atoms with Crippen LogP contribution in [0.3, 0.4) is 0 Å². The van der Waals surface area contributed by atoms with Gasteiger partial charge in [-0.25, -0.2) is 13.1 Å². The van der Waals surface area contributed by atoms with Crippen LogP contribution in [0.2, 0.25) is 0 Å². The molecule has 4 nitrogen and oxygen atoms in total. The molecule has 2 N–H and O–H groups in total. The molecule has 0 radical (unpaired) electrons. The zero-order chi connectivity index (χ0) is 14.1. The van der Waals surface area contributed by atoms with Gasteiger partial charge in [0, 0.05) is 19.1 Å². The molecule has 0 amide bonds. The smallest absolute Gasteiger partial charge is 0.212 e. The average Bonchev–Trinajstić information content (AvgIpc) is 2.37. The van der Waals surface area contributed by atoms with Crippen LogP contribution in [0.4, 0.5) is 0 Å². The van der Waals surface area contributed by atoms with Crippen LogP contribution < -0.4 is 10.0 Å². The van der Waals surface area contributed by atoms with Crippen molar-refractivity contribution < 1.29 is 8.42 Å².